The van der Waals surface area contributed by atoms with E-state index in [9.17, 15) is 9.90 Å². The molecule has 0 aliphatic carbocycles. The molecule has 4 nitrogen and oxygen atoms in total. The lowest BCUT2D eigenvalue weighted by Gasteiger charge is -2.19. The van der Waals surface area contributed by atoms with Crippen molar-refractivity contribution in [3.63, 3.8) is 0 Å². The fourth-order valence-electron chi connectivity index (χ4n) is 3.10. The molecule has 0 aliphatic heterocycles. The van der Waals surface area contributed by atoms with Crippen molar-refractivity contribution in [2.75, 3.05) is 32.0 Å². The molecule has 0 fully saturated rings. The van der Waals surface area contributed by atoms with E-state index in [1.165, 1.54) is 0 Å². The Bertz CT molecular complexity index is 949. The molecule has 25 heavy (non-hydrogen) atoms. The zero-order chi connectivity index (χ0) is 18.0. The third kappa shape index (κ3) is 3.84. The molecule has 0 unspecified atom stereocenters. The molecule has 0 radical (unpaired) electrons. The zero-order valence-corrected chi connectivity index (χ0v) is 15.7. The number of aliphatic hydroxyl groups is 1. The summed E-state index contributed by atoms with van der Waals surface area (Å²) in [6.45, 7) is 5.99. The fourth-order valence-corrected chi connectivity index (χ4v) is 4.27. The van der Waals surface area contributed by atoms with Gasteiger partial charge in [0, 0.05) is 40.1 Å². The smallest absolute Gasteiger partial charge is 0.197 e. The number of nitrogens with zero attached hydrogens (tertiary/aromatic N) is 1. The van der Waals surface area contributed by atoms with Crippen molar-refractivity contribution in [2.45, 2.75) is 20.0 Å². The van der Waals surface area contributed by atoms with Gasteiger partial charge < -0.3 is 15.3 Å². The quantitative estimate of drug-likeness (QED) is 0.664. The minimum Gasteiger partial charge on any atom is -0.392 e. The third-order valence-electron chi connectivity index (χ3n) is 4.31. The molecule has 0 amide bonds. The van der Waals surface area contributed by atoms with Crippen molar-refractivity contribution in [3.8, 4) is 0 Å². The van der Waals surface area contributed by atoms with Crippen molar-refractivity contribution in [1.82, 2.24) is 4.90 Å². The lowest BCUT2D eigenvalue weighted by atomic mass is 10.1. The molecular formula is C20H24N2O2S. The molecule has 3 aromatic rings. The summed E-state index contributed by atoms with van der Waals surface area (Å²) < 4.78 is 2.07. The van der Waals surface area contributed by atoms with Gasteiger partial charge in [-0.2, -0.15) is 0 Å². The van der Waals surface area contributed by atoms with Gasteiger partial charge in [0.1, 0.15) is 0 Å². The van der Waals surface area contributed by atoms with Crippen LogP contribution in [0, 0.1) is 6.92 Å². The topological polar surface area (TPSA) is 52.6 Å². The van der Waals surface area contributed by atoms with Crippen LogP contribution in [-0.2, 0) is 0 Å². The maximum Gasteiger partial charge on any atom is 0.197 e. The highest BCUT2D eigenvalue weighted by Crippen LogP contribution is 2.31. The van der Waals surface area contributed by atoms with Gasteiger partial charge in [-0.3, -0.25) is 4.79 Å². The molecule has 2 aromatic carbocycles. The summed E-state index contributed by atoms with van der Waals surface area (Å²) >= 11 is 1.67. The second-order valence-electron chi connectivity index (χ2n) is 6.60. The normalized spacial score (nSPS) is 12.8. The number of hydrogen-bond donors (Lipinski definition) is 2. The summed E-state index contributed by atoms with van der Waals surface area (Å²) in [7, 11) is 1.98. The van der Waals surface area contributed by atoms with Crippen LogP contribution in [0.5, 0.6) is 0 Å². The molecule has 1 heterocycles. The number of fused-ring (bicyclic) bond motifs is 2. The van der Waals surface area contributed by atoms with E-state index in [1.807, 2.05) is 44.3 Å². The van der Waals surface area contributed by atoms with Crippen LogP contribution in [0.15, 0.2) is 41.2 Å². The summed E-state index contributed by atoms with van der Waals surface area (Å²) in [5.74, 6) is 0. The van der Waals surface area contributed by atoms with Gasteiger partial charge in [0.15, 0.2) is 5.43 Å². The maximum atomic E-state index is 13.0. The van der Waals surface area contributed by atoms with Gasteiger partial charge in [-0.15, -0.1) is 11.3 Å². The number of likely N-dealkylation sites (N-methyl/N-ethyl adjacent to an activating group) is 1. The van der Waals surface area contributed by atoms with E-state index in [2.05, 4.69) is 16.3 Å². The fraction of sp³-hybridized carbons (Fsp3) is 0.350. The van der Waals surface area contributed by atoms with Crippen LogP contribution in [0.25, 0.3) is 20.2 Å². The Morgan fingerprint density at radius 1 is 1.24 bits per heavy atom. The number of rotatable bonds is 6. The highest BCUT2D eigenvalue weighted by molar-refractivity contribution is 7.24. The molecule has 132 valence electrons. The SMILES string of the molecule is Cc1ccc(NCCN(C)C[C@@H](C)O)c2c(=O)c3ccccc3sc12. The Morgan fingerprint density at radius 2 is 2.00 bits per heavy atom. The zero-order valence-electron chi connectivity index (χ0n) is 14.9. The number of aliphatic hydroxyl groups excluding tert-OH is 1. The highest BCUT2D eigenvalue weighted by atomic mass is 32.1. The summed E-state index contributed by atoms with van der Waals surface area (Å²) in [5, 5.41) is 14.4. The molecule has 1 atom stereocenters. The van der Waals surface area contributed by atoms with Crippen molar-refractivity contribution in [2.24, 2.45) is 0 Å². The van der Waals surface area contributed by atoms with Crippen molar-refractivity contribution in [1.29, 1.82) is 0 Å². The van der Waals surface area contributed by atoms with E-state index in [4.69, 9.17) is 0 Å². The molecule has 5 heteroatoms. The number of anilines is 1. The Labute approximate surface area is 151 Å². The Balaban J connectivity index is 1.95. The Kier molecular flexibility index (Phi) is 5.37. The van der Waals surface area contributed by atoms with Gasteiger partial charge >= 0.3 is 0 Å². The van der Waals surface area contributed by atoms with E-state index in [0.29, 0.717) is 6.54 Å². The summed E-state index contributed by atoms with van der Waals surface area (Å²) in [5.41, 5.74) is 2.10. The van der Waals surface area contributed by atoms with Gasteiger partial charge in [-0.25, -0.2) is 0 Å². The largest absolute Gasteiger partial charge is 0.392 e. The average molecular weight is 356 g/mol. The summed E-state index contributed by atoms with van der Waals surface area (Å²) in [6.07, 6.45) is -0.341. The first-order valence-electron chi connectivity index (χ1n) is 8.53. The summed E-state index contributed by atoms with van der Waals surface area (Å²) in [4.78, 5) is 15.1. The van der Waals surface area contributed by atoms with Crippen LogP contribution >= 0.6 is 11.3 Å². The van der Waals surface area contributed by atoms with Crippen molar-refractivity contribution >= 4 is 37.2 Å². The molecule has 0 saturated carbocycles. The van der Waals surface area contributed by atoms with Gasteiger partial charge in [-0.1, -0.05) is 18.2 Å². The van der Waals surface area contributed by atoms with Crippen LogP contribution in [-0.4, -0.2) is 42.8 Å². The average Bonchev–Trinajstić information content (AvgIpc) is 2.57. The van der Waals surface area contributed by atoms with Gasteiger partial charge in [-0.05, 0) is 44.7 Å². The molecule has 0 spiro atoms. The third-order valence-corrected chi connectivity index (χ3v) is 5.62. The number of benzene rings is 2. The first kappa shape index (κ1) is 17.9. The molecular weight excluding hydrogens is 332 g/mol. The maximum absolute atomic E-state index is 13.0. The molecule has 0 aliphatic rings. The Hall–Kier alpha value is -1.95. The predicted octanol–water partition coefficient (Wildman–Crippen LogP) is 3.45. The minimum atomic E-state index is -0.341. The van der Waals surface area contributed by atoms with Crippen LogP contribution in [0.1, 0.15) is 12.5 Å². The second-order valence-corrected chi connectivity index (χ2v) is 7.65. The van der Waals surface area contributed by atoms with E-state index < -0.39 is 0 Å². The molecule has 3 rings (SSSR count). The lowest BCUT2D eigenvalue weighted by Crippen LogP contribution is -2.31. The molecule has 2 N–H and O–H groups in total. The van der Waals surface area contributed by atoms with Crippen molar-refractivity contribution < 1.29 is 5.11 Å². The lowest BCUT2D eigenvalue weighted by molar-refractivity contribution is 0.143. The summed E-state index contributed by atoms with van der Waals surface area (Å²) in [6, 6.07) is 11.8. The van der Waals surface area contributed by atoms with Crippen molar-refractivity contribution in [3.05, 3.63) is 52.2 Å². The van der Waals surface area contributed by atoms with E-state index in [0.717, 1.165) is 44.5 Å². The number of nitrogens with one attached hydrogen (secondary N) is 1. The van der Waals surface area contributed by atoms with E-state index in [1.54, 1.807) is 18.3 Å². The second kappa shape index (κ2) is 7.52. The predicted molar refractivity (Wildman–Crippen MR) is 108 cm³/mol. The molecule has 0 saturated heterocycles. The van der Waals surface area contributed by atoms with E-state index in [-0.39, 0.29) is 11.5 Å². The van der Waals surface area contributed by atoms with Crippen LogP contribution in [0.3, 0.4) is 0 Å². The molecule has 0 bridgehead atoms. The van der Waals surface area contributed by atoms with E-state index >= 15 is 0 Å². The van der Waals surface area contributed by atoms with Gasteiger partial charge in [0.2, 0.25) is 0 Å². The number of aryl methyl sites for hydroxylation is 1. The van der Waals surface area contributed by atoms with Crippen LogP contribution < -0.4 is 10.7 Å². The van der Waals surface area contributed by atoms with Crippen LogP contribution in [0.2, 0.25) is 0 Å². The first-order valence-corrected chi connectivity index (χ1v) is 9.34. The Morgan fingerprint density at radius 3 is 2.76 bits per heavy atom. The van der Waals surface area contributed by atoms with Crippen LogP contribution in [0.4, 0.5) is 5.69 Å². The van der Waals surface area contributed by atoms with Gasteiger partial charge in [0.25, 0.3) is 0 Å². The minimum absolute atomic E-state index is 0.0906. The molecule has 1 aromatic heterocycles. The first-order chi connectivity index (χ1) is 12.0. The van der Waals surface area contributed by atoms with Gasteiger partial charge in [0.05, 0.1) is 11.5 Å². The standard InChI is InChI=1S/C20H24N2O2S/c1-13-8-9-16(21-10-11-22(3)12-14(2)23)18-19(24)15-6-4-5-7-17(15)25-20(13)18/h4-9,14,21,23H,10-12H2,1-3H3/t14-/m1/s1. The monoisotopic (exact) mass is 356 g/mol. The number of hydrogen-bond acceptors (Lipinski definition) is 5. The highest BCUT2D eigenvalue weighted by Gasteiger charge is 2.12.